The van der Waals surface area contributed by atoms with E-state index in [9.17, 15) is 4.79 Å². The number of rotatable bonds is 5. The van der Waals surface area contributed by atoms with E-state index < -0.39 is 5.97 Å². The van der Waals surface area contributed by atoms with E-state index in [-0.39, 0.29) is 5.69 Å². The maximum absolute atomic E-state index is 10.9. The van der Waals surface area contributed by atoms with Gasteiger partial charge in [-0.25, -0.2) is 4.79 Å². The Kier molecular flexibility index (Phi) is 5.06. The van der Waals surface area contributed by atoms with Crippen molar-refractivity contribution in [3.63, 3.8) is 0 Å². The third kappa shape index (κ3) is 2.99. The molecule has 20 heavy (non-hydrogen) atoms. The molecule has 0 aliphatic heterocycles. The van der Waals surface area contributed by atoms with Gasteiger partial charge in [-0.05, 0) is 30.9 Å². The Hall–Kier alpha value is -1.05. The lowest BCUT2D eigenvalue weighted by Crippen LogP contribution is -1.94. The molecule has 0 aliphatic rings. The molecule has 2 rings (SSSR count). The van der Waals surface area contributed by atoms with Crippen LogP contribution in [0.2, 0.25) is 0 Å². The minimum Gasteiger partial charge on any atom is -0.476 e. The first kappa shape index (κ1) is 15.3. The SMILES string of the molecule is CSc1cc(-c2cc(C(=O)O)no2)cc(SC)c1SC. The molecule has 0 bridgehead atoms. The molecule has 0 fully saturated rings. The molecule has 0 aliphatic carbocycles. The Morgan fingerprint density at radius 1 is 1.10 bits per heavy atom. The van der Waals surface area contributed by atoms with Crippen LogP contribution in [-0.4, -0.2) is 35.0 Å². The van der Waals surface area contributed by atoms with E-state index in [0.717, 1.165) is 15.4 Å². The molecule has 0 saturated heterocycles. The maximum atomic E-state index is 10.9. The summed E-state index contributed by atoms with van der Waals surface area (Å²) in [5.74, 6) is -0.614. The highest BCUT2D eigenvalue weighted by Crippen LogP contribution is 2.39. The molecule has 0 amide bonds. The van der Waals surface area contributed by atoms with Crippen molar-refractivity contribution in [3.05, 3.63) is 23.9 Å². The fourth-order valence-corrected chi connectivity index (χ4v) is 4.40. The molecule has 0 atom stereocenters. The summed E-state index contributed by atoms with van der Waals surface area (Å²) in [6.45, 7) is 0. The van der Waals surface area contributed by atoms with Gasteiger partial charge in [-0.15, -0.1) is 35.3 Å². The van der Waals surface area contributed by atoms with Crippen molar-refractivity contribution in [3.8, 4) is 11.3 Å². The highest BCUT2D eigenvalue weighted by Gasteiger charge is 2.16. The number of aromatic nitrogens is 1. The number of nitrogens with zero attached hydrogens (tertiary/aromatic N) is 1. The van der Waals surface area contributed by atoms with Crippen LogP contribution in [0.1, 0.15) is 10.5 Å². The lowest BCUT2D eigenvalue weighted by molar-refractivity contribution is 0.0686. The zero-order valence-electron chi connectivity index (χ0n) is 11.2. The number of benzene rings is 1. The van der Waals surface area contributed by atoms with E-state index in [2.05, 4.69) is 5.16 Å². The van der Waals surface area contributed by atoms with Gasteiger partial charge in [-0.3, -0.25) is 0 Å². The maximum Gasteiger partial charge on any atom is 0.358 e. The fourth-order valence-electron chi connectivity index (χ4n) is 1.74. The van der Waals surface area contributed by atoms with E-state index in [1.807, 2.05) is 30.9 Å². The topological polar surface area (TPSA) is 63.3 Å². The summed E-state index contributed by atoms with van der Waals surface area (Å²) in [4.78, 5) is 14.4. The van der Waals surface area contributed by atoms with Gasteiger partial charge in [-0.1, -0.05) is 5.16 Å². The predicted molar refractivity (Wildman–Crippen MR) is 84.2 cm³/mol. The van der Waals surface area contributed by atoms with Crippen molar-refractivity contribution >= 4 is 41.3 Å². The van der Waals surface area contributed by atoms with Crippen LogP contribution in [0.4, 0.5) is 0 Å². The number of hydrogen-bond donors (Lipinski definition) is 1. The van der Waals surface area contributed by atoms with Gasteiger partial charge in [0, 0.05) is 26.3 Å². The van der Waals surface area contributed by atoms with E-state index in [1.165, 1.54) is 11.0 Å². The van der Waals surface area contributed by atoms with Gasteiger partial charge >= 0.3 is 5.97 Å². The molecule has 4 nitrogen and oxygen atoms in total. The van der Waals surface area contributed by atoms with Gasteiger partial charge in [0.05, 0.1) is 0 Å². The minimum absolute atomic E-state index is 0.0784. The first-order chi connectivity index (χ1) is 9.60. The molecule has 1 N–H and O–H groups in total. The van der Waals surface area contributed by atoms with Crippen molar-refractivity contribution in [1.82, 2.24) is 5.16 Å². The third-order valence-electron chi connectivity index (χ3n) is 2.68. The van der Waals surface area contributed by atoms with Crippen LogP contribution in [0, 0.1) is 0 Å². The molecule has 1 aromatic heterocycles. The van der Waals surface area contributed by atoms with E-state index in [1.54, 1.807) is 35.3 Å². The Balaban J connectivity index is 2.53. The summed E-state index contributed by atoms with van der Waals surface area (Å²) >= 11 is 5.02. The second kappa shape index (κ2) is 6.60. The highest BCUT2D eigenvalue weighted by molar-refractivity contribution is 8.03. The Labute approximate surface area is 129 Å². The van der Waals surface area contributed by atoms with Crippen LogP contribution in [0.15, 0.2) is 37.4 Å². The number of carboxylic acid groups (broad SMARTS) is 1. The number of hydrogen-bond acceptors (Lipinski definition) is 6. The third-order valence-corrected chi connectivity index (χ3v) is 5.31. The van der Waals surface area contributed by atoms with Gasteiger partial charge in [0.1, 0.15) is 0 Å². The molecule has 0 unspecified atom stereocenters. The fraction of sp³-hybridized carbons (Fsp3) is 0.231. The highest BCUT2D eigenvalue weighted by atomic mass is 32.2. The molecule has 106 valence electrons. The van der Waals surface area contributed by atoms with E-state index >= 15 is 0 Å². The number of carboxylic acids is 1. The molecule has 7 heteroatoms. The van der Waals surface area contributed by atoms with Crippen LogP contribution in [0.5, 0.6) is 0 Å². The monoisotopic (exact) mass is 327 g/mol. The average Bonchev–Trinajstić information content (AvgIpc) is 2.95. The summed E-state index contributed by atoms with van der Waals surface area (Å²) in [5, 5.41) is 12.4. The molecule has 0 radical (unpaired) electrons. The Morgan fingerprint density at radius 3 is 2.10 bits per heavy atom. The molecule has 0 spiro atoms. The summed E-state index contributed by atoms with van der Waals surface area (Å²) in [5.41, 5.74) is 0.766. The standard InChI is InChI=1S/C13H13NO3S3/c1-18-10-4-7(5-11(19-2)12(10)20-3)9-6-8(13(15)16)14-17-9/h4-6H,1-3H3,(H,15,16). The van der Waals surface area contributed by atoms with E-state index in [0.29, 0.717) is 5.76 Å². The smallest absolute Gasteiger partial charge is 0.358 e. The minimum atomic E-state index is -1.09. The largest absolute Gasteiger partial charge is 0.476 e. The summed E-state index contributed by atoms with van der Waals surface area (Å²) < 4.78 is 5.13. The second-order valence-corrected chi connectivity index (χ2v) is 6.31. The first-order valence-corrected chi connectivity index (χ1v) is 9.28. The average molecular weight is 327 g/mol. The summed E-state index contributed by atoms with van der Waals surface area (Å²) in [6, 6.07) is 5.45. The van der Waals surface area contributed by atoms with Gasteiger partial charge in [0.25, 0.3) is 0 Å². The van der Waals surface area contributed by atoms with Gasteiger partial charge in [0.2, 0.25) is 0 Å². The van der Waals surface area contributed by atoms with Crippen molar-refractivity contribution in [1.29, 1.82) is 0 Å². The number of thioether (sulfide) groups is 3. The van der Waals surface area contributed by atoms with Crippen LogP contribution in [0.25, 0.3) is 11.3 Å². The lowest BCUT2D eigenvalue weighted by atomic mass is 10.1. The lowest BCUT2D eigenvalue weighted by Gasteiger charge is -2.11. The van der Waals surface area contributed by atoms with Crippen LogP contribution >= 0.6 is 35.3 Å². The predicted octanol–water partition coefficient (Wildman–Crippen LogP) is 4.21. The number of aromatic carboxylic acids is 1. The quantitative estimate of drug-likeness (QED) is 0.825. The normalized spacial score (nSPS) is 10.8. The molecule has 1 aromatic carbocycles. The Bertz CT molecular complexity index is 615. The molecular formula is C13H13NO3S3. The molecule has 0 saturated carbocycles. The van der Waals surface area contributed by atoms with Crippen molar-refractivity contribution in [2.75, 3.05) is 18.8 Å². The zero-order valence-corrected chi connectivity index (χ0v) is 13.6. The van der Waals surface area contributed by atoms with Gasteiger partial charge < -0.3 is 9.63 Å². The summed E-state index contributed by atoms with van der Waals surface area (Å²) in [6.07, 6.45) is 6.09. The molecule has 2 aromatic rings. The van der Waals surface area contributed by atoms with Crippen LogP contribution in [0.3, 0.4) is 0 Å². The first-order valence-electron chi connectivity index (χ1n) is 5.61. The van der Waals surface area contributed by atoms with Crippen molar-refractivity contribution < 1.29 is 14.4 Å². The van der Waals surface area contributed by atoms with Gasteiger partial charge in [0.15, 0.2) is 11.5 Å². The molecular weight excluding hydrogens is 314 g/mol. The summed E-state index contributed by atoms with van der Waals surface area (Å²) in [7, 11) is 0. The van der Waals surface area contributed by atoms with Crippen molar-refractivity contribution in [2.24, 2.45) is 0 Å². The van der Waals surface area contributed by atoms with Crippen LogP contribution in [-0.2, 0) is 0 Å². The molecule has 1 heterocycles. The van der Waals surface area contributed by atoms with E-state index in [4.69, 9.17) is 9.63 Å². The van der Waals surface area contributed by atoms with Crippen molar-refractivity contribution in [2.45, 2.75) is 14.7 Å². The zero-order chi connectivity index (χ0) is 14.7. The van der Waals surface area contributed by atoms with Crippen LogP contribution < -0.4 is 0 Å². The van der Waals surface area contributed by atoms with Gasteiger partial charge in [-0.2, -0.15) is 0 Å². The number of carbonyl (C=O) groups is 1. The second-order valence-electron chi connectivity index (χ2n) is 3.80. The Morgan fingerprint density at radius 2 is 1.70 bits per heavy atom.